The second-order valence-corrected chi connectivity index (χ2v) is 10.5. The van der Waals surface area contributed by atoms with Gasteiger partial charge in [0.2, 0.25) is 0 Å². The predicted molar refractivity (Wildman–Crippen MR) is 118 cm³/mol. The fourth-order valence-electron chi connectivity index (χ4n) is 2.58. The summed E-state index contributed by atoms with van der Waals surface area (Å²) in [5.74, 6) is -0.461. The molecule has 0 saturated heterocycles. The third-order valence-electron chi connectivity index (χ3n) is 4.33. The van der Waals surface area contributed by atoms with Crippen molar-refractivity contribution >= 4 is 32.9 Å². The number of benzene rings is 2. The van der Waals surface area contributed by atoms with Gasteiger partial charge < -0.3 is 4.74 Å². The molecule has 3 atom stereocenters. The molecule has 0 aliphatic carbocycles. The highest BCUT2D eigenvalue weighted by Crippen LogP contribution is 2.31. The lowest BCUT2D eigenvalue weighted by molar-refractivity contribution is 0.0213. The van der Waals surface area contributed by atoms with Crippen LogP contribution in [0.4, 0.5) is 0 Å². The van der Waals surface area contributed by atoms with Gasteiger partial charge in [0.25, 0.3) is 0 Å². The van der Waals surface area contributed by atoms with E-state index in [-0.39, 0.29) is 0 Å². The zero-order chi connectivity index (χ0) is 20.9. The third-order valence-corrected chi connectivity index (χ3v) is 6.58. The molecule has 0 aliphatic rings. The van der Waals surface area contributed by atoms with E-state index in [0.29, 0.717) is 5.56 Å². The number of halogens is 1. The van der Waals surface area contributed by atoms with Crippen molar-refractivity contribution < 1.29 is 13.7 Å². The van der Waals surface area contributed by atoms with Crippen LogP contribution in [-0.4, -0.2) is 21.0 Å². The maximum absolute atomic E-state index is 12.9. The summed E-state index contributed by atoms with van der Waals surface area (Å²) in [4.78, 5) is 12.6. The number of carbonyl (C=O) groups excluding carboxylic acids is 1. The highest BCUT2D eigenvalue weighted by Gasteiger charge is 2.40. The fourth-order valence-corrected chi connectivity index (χ4v) is 3.77. The van der Waals surface area contributed by atoms with Crippen LogP contribution in [0.3, 0.4) is 0 Å². The van der Waals surface area contributed by atoms with Crippen LogP contribution in [0.1, 0.15) is 43.6 Å². The SMILES string of the molecule is C=CC(OC(=O)c1ccccc1)[C@](C)(N[S@@](=O)C(C)(C)C)c1ccc(Br)cc1. The zero-order valence-electron chi connectivity index (χ0n) is 16.6. The van der Waals surface area contributed by atoms with Gasteiger partial charge in [0, 0.05) is 4.47 Å². The molecule has 28 heavy (non-hydrogen) atoms. The van der Waals surface area contributed by atoms with Gasteiger partial charge >= 0.3 is 5.97 Å². The molecule has 2 aromatic carbocycles. The first kappa shape index (κ1) is 22.5. The van der Waals surface area contributed by atoms with Gasteiger partial charge in [0.1, 0.15) is 6.10 Å². The van der Waals surface area contributed by atoms with Gasteiger partial charge in [-0.2, -0.15) is 0 Å². The zero-order valence-corrected chi connectivity index (χ0v) is 19.0. The minimum absolute atomic E-state index is 0.449. The summed E-state index contributed by atoms with van der Waals surface area (Å²) in [6, 6.07) is 16.4. The molecule has 150 valence electrons. The van der Waals surface area contributed by atoms with E-state index in [1.807, 2.05) is 58.0 Å². The molecule has 0 saturated carbocycles. The van der Waals surface area contributed by atoms with Crippen LogP contribution in [0.2, 0.25) is 0 Å². The van der Waals surface area contributed by atoms with E-state index in [9.17, 15) is 9.00 Å². The predicted octanol–water partition coefficient (Wildman–Crippen LogP) is 5.13. The Morgan fingerprint density at radius 2 is 1.68 bits per heavy atom. The molecular weight excluding hydrogens is 438 g/mol. The van der Waals surface area contributed by atoms with Gasteiger partial charge in [-0.25, -0.2) is 13.7 Å². The summed E-state index contributed by atoms with van der Waals surface area (Å²) in [5.41, 5.74) is 0.342. The molecular formula is C22H26BrNO3S. The molecule has 2 aromatic rings. The van der Waals surface area contributed by atoms with E-state index in [2.05, 4.69) is 27.2 Å². The van der Waals surface area contributed by atoms with Crippen molar-refractivity contribution in [3.05, 3.63) is 82.9 Å². The van der Waals surface area contributed by atoms with Crippen LogP contribution in [0.5, 0.6) is 0 Å². The van der Waals surface area contributed by atoms with E-state index in [4.69, 9.17) is 4.74 Å². The molecule has 1 N–H and O–H groups in total. The van der Waals surface area contributed by atoms with Crippen molar-refractivity contribution in [2.45, 2.75) is 44.1 Å². The summed E-state index contributed by atoms with van der Waals surface area (Å²) in [6.07, 6.45) is 0.822. The van der Waals surface area contributed by atoms with Crippen molar-refractivity contribution in [1.82, 2.24) is 4.72 Å². The monoisotopic (exact) mass is 463 g/mol. The molecule has 1 unspecified atom stereocenters. The Labute approximate surface area is 178 Å². The van der Waals surface area contributed by atoms with E-state index >= 15 is 0 Å². The van der Waals surface area contributed by atoms with E-state index in [1.165, 1.54) is 0 Å². The highest BCUT2D eigenvalue weighted by molar-refractivity contribution is 9.10. The lowest BCUT2D eigenvalue weighted by Gasteiger charge is -2.38. The number of esters is 1. The summed E-state index contributed by atoms with van der Waals surface area (Å²) < 4.78 is 22.3. The van der Waals surface area contributed by atoms with Crippen molar-refractivity contribution in [3.8, 4) is 0 Å². The molecule has 2 rings (SSSR count). The summed E-state index contributed by atoms with van der Waals surface area (Å²) in [5, 5.41) is 0. The number of rotatable bonds is 7. The molecule has 0 bridgehead atoms. The minimum atomic E-state index is -1.39. The van der Waals surface area contributed by atoms with Gasteiger partial charge in [-0.1, -0.05) is 52.8 Å². The normalized spacial score (nSPS) is 15.9. The Morgan fingerprint density at radius 1 is 1.11 bits per heavy atom. The Bertz CT molecular complexity index is 846. The van der Waals surface area contributed by atoms with Crippen molar-refractivity contribution in [2.24, 2.45) is 0 Å². The first-order chi connectivity index (χ1) is 13.1. The van der Waals surface area contributed by atoms with Crippen molar-refractivity contribution in [1.29, 1.82) is 0 Å². The largest absolute Gasteiger partial charge is 0.452 e. The van der Waals surface area contributed by atoms with Gasteiger partial charge in [-0.05, 0) is 63.6 Å². The second kappa shape index (κ2) is 9.16. The Balaban J connectivity index is 2.42. The van der Waals surface area contributed by atoms with E-state index < -0.39 is 33.3 Å². The number of carbonyl (C=O) groups is 1. The van der Waals surface area contributed by atoms with Crippen LogP contribution in [0.15, 0.2) is 71.7 Å². The van der Waals surface area contributed by atoms with Crippen LogP contribution in [0, 0.1) is 0 Å². The topological polar surface area (TPSA) is 55.4 Å². The molecule has 0 radical (unpaired) electrons. The third kappa shape index (κ3) is 5.40. The van der Waals surface area contributed by atoms with Crippen LogP contribution < -0.4 is 4.72 Å². The lowest BCUT2D eigenvalue weighted by Crippen LogP contribution is -2.53. The highest BCUT2D eigenvalue weighted by atomic mass is 79.9. The second-order valence-electron chi connectivity index (χ2n) is 7.62. The Hall–Kier alpha value is -1.76. The number of hydrogen-bond donors (Lipinski definition) is 1. The van der Waals surface area contributed by atoms with Gasteiger partial charge in [0.05, 0.1) is 26.8 Å². The van der Waals surface area contributed by atoms with Gasteiger partial charge in [-0.3, -0.25) is 0 Å². The molecule has 0 amide bonds. The van der Waals surface area contributed by atoms with Crippen molar-refractivity contribution in [3.63, 3.8) is 0 Å². The molecule has 0 heterocycles. The molecule has 6 heteroatoms. The van der Waals surface area contributed by atoms with Crippen LogP contribution in [0.25, 0.3) is 0 Å². The molecule has 0 spiro atoms. The average molecular weight is 464 g/mol. The van der Waals surface area contributed by atoms with Crippen LogP contribution in [-0.2, 0) is 21.3 Å². The van der Waals surface area contributed by atoms with Gasteiger partial charge in [-0.15, -0.1) is 0 Å². The molecule has 4 nitrogen and oxygen atoms in total. The summed E-state index contributed by atoms with van der Waals surface area (Å²) >= 11 is 3.43. The first-order valence-electron chi connectivity index (χ1n) is 8.92. The lowest BCUT2D eigenvalue weighted by atomic mass is 9.87. The number of ether oxygens (including phenoxy) is 1. The summed E-state index contributed by atoms with van der Waals surface area (Å²) in [6.45, 7) is 11.4. The number of hydrogen-bond acceptors (Lipinski definition) is 3. The average Bonchev–Trinajstić information content (AvgIpc) is 2.66. The van der Waals surface area contributed by atoms with E-state index in [0.717, 1.165) is 10.0 Å². The molecule has 0 fully saturated rings. The smallest absolute Gasteiger partial charge is 0.338 e. The maximum atomic E-state index is 12.9. The fraction of sp³-hybridized carbons (Fsp3) is 0.318. The quantitative estimate of drug-likeness (QED) is 0.457. The van der Waals surface area contributed by atoms with Crippen molar-refractivity contribution in [2.75, 3.05) is 0 Å². The molecule has 0 aromatic heterocycles. The molecule has 0 aliphatic heterocycles. The number of nitrogens with one attached hydrogen (secondary N) is 1. The van der Waals surface area contributed by atoms with Crippen LogP contribution >= 0.6 is 15.9 Å². The van der Waals surface area contributed by atoms with Gasteiger partial charge in [0.15, 0.2) is 0 Å². The van der Waals surface area contributed by atoms with E-state index in [1.54, 1.807) is 30.3 Å². The standard InChI is InChI=1S/C22H26BrNO3S/c1-6-19(27-20(25)16-10-8-7-9-11-16)22(5,24-28(26)21(2,3)4)17-12-14-18(23)15-13-17/h6-15,19,24H,1H2,2-5H3/t19?,22-,28+/m1/s1. The first-order valence-corrected chi connectivity index (χ1v) is 10.9. The Morgan fingerprint density at radius 3 is 2.18 bits per heavy atom. The summed E-state index contributed by atoms with van der Waals surface area (Å²) in [7, 11) is -1.39. The minimum Gasteiger partial charge on any atom is -0.452 e. The Kier molecular flexibility index (Phi) is 7.37. The maximum Gasteiger partial charge on any atom is 0.338 e.